The summed E-state index contributed by atoms with van der Waals surface area (Å²) in [5.41, 5.74) is 0.510. The zero-order chi connectivity index (χ0) is 18.1. The van der Waals surface area contributed by atoms with Gasteiger partial charge in [-0.25, -0.2) is 0 Å². The van der Waals surface area contributed by atoms with Crippen LogP contribution in [0, 0.1) is 18.3 Å². The molecule has 0 fully saturated rings. The highest BCUT2D eigenvalue weighted by Gasteiger charge is 2.29. The van der Waals surface area contributed by atoms with Crippen LogP contribution in [0.2, 0.25) is 5.15 Å². The summed E-state index contributed by atoms with van der Waals surface area (Å²) < 4.78 is 37.4. The van der Waals surface area contributed by atoms with Crippen LogP contribution in [0.15, 0.2) is 21.5 Å². The molecule has 1 heterocycles. The fourth-order valence-electron chi connectivity index (χ4n) is 2.02. The molecule has 0 aliphatic heterocycles. The Balaban J connectivity index is 2.56. The van der Waals surface area contributed by atoms with Crippen molar-refractivity contribution in [2.24, 2.45) is 7.05 Å². The van der Waals surface area contributed by atoms with E-state index in [4.69, 9.17) is 25.8 Å². The molecule has 2 rings (SSSR count). The highest BCUT2D eigenvalue weighted by atomic mass is 79.9. The molecule has 1 aromatic heterocycles. The average Bonchev–Trinajstić information content (AvgIpc) is 2.76. The van der Waals surface area contributed by atoms with E-state index in [0.717, 1.165) is 0 Å². The first-order chi connectivity index (χ1) is 11.2. The molecule has 0 saturated heterocycles. The Hall–Kier alpha value is -1.76. The zero-order valence-corrected chi connectivity index (χ0v) is 16.2. The molecule has 1 aromatic carbocycles. The minimum absolute atomic E-state index is 0.0600. The lowest BCUT2D eigenvalue weighted by atomic mass is 10.2. The third kappa shape index (κ3) is 3.50. The van der Waals surface area contributed by atoms with Crippen LogP contribution in [0.1, 0.15) is 18.2 Å². The normalized spacial score (nSPS) is 11.2. The number of rotatable bonds is 5. The number of nitriles is 1. The Morgan fingerprint density at radius 2 is 2.12 bits per heavy atom. The number of hydrogen-bond donors (Lipinski definition) is 0. The van der Waals surface area contributed by atoms with E-state index >= 15 is 0 Å². The van der Waals surface area contributed by atoms with Crippen molar-refractivity contribution in [3.8, 4) is 17.6 Å². The highest BCUT2D eigenvalue weighted by Crippen LogP contribution is 2.39. The van der Waals surface area contributed by atoms with Crippen LogP contribution in [-0.2, 0) is 17.2 Å². The average molecular weight is 435 g/mol. The number of benzene rings is 1. The van der Waals surface area contributed by atoms with Gasteiger partial charge in [0.1, 0.15) is 5.15 Å². The largest absolute Gasteiger partial charge is 0.490 e. The Morgan fingerprint density at radius 3 is 2.62 bits per heavy atom. The molecular formula is C14H13BrClN3O4S. The summed E-state index contributed by atoms with van der Waals surface area (Å²) in [7, 11) is -2.72. The van der Waals surface area contributed by atoms with Gasteiger partial charge in [-0.2, -0.15) is 18.8 Å². The van der Waals surface area contributed by atoms with E-state index in [2.05, 4.69) is 21.0 Å². The van der Waals surface area contributed by atoms with Gasteiger partial charge in [-0.3, -0.25) is 4.68 Å². The van der Waals surface area contributed by atoms with Crippen molar-refractivity contribution in [2.75, 3.05) is 6.61 Å². The van der Waals surface area contributed by atoms with E-state index in [-0.39, 0.29) is 38.3 Å². The van der Waals surface area contributed by atoms with Crippen LogP contribution in [0.25, 0.3) is 0 Å². The second-order valence-corrected chi connectivity index (χ2v) is 7.39. The first-order valence-corrected chi connectivity index (χ1v) is 9.29. The van der Waals surface area contributed by atoms with Gasteiger partial charge < -0.3 is 8.92 Å². The van der Waals surface area contributed by atoms with E-state index < -0.39 is 10.1 Å². The van der Waals surface area contributed by atoms with Crippen molar-refractivity contribution < 1.29 is 17.3 Å². The van der Waals surface area contributed by atoms with Crippen LogP contribution in [0.3, 0.4) is 0 Å². The quantitative estimate of drug-likeness (QED) is 0.671. The summed E-state index contributed by atoms with van der Waals surface area (Å²) >= 11 is 9.21. The summed E-state index contributed by atoms with van der Waals surface area (Å²) in [6.45, 7) is 3.51. The van der Waals surface area contributed by atoms with Crippen LogP contribution in [-0.4, -0.2) is 24.8 Å². The number of aromatic nitrogens is 2. The van der Waals surface area contributed by atoms with Gasteiger partial charge in [-0.05, 0) is 35.8 Å². The van der Waals surface area contributed by atoms with Gasteiger partial charge in [0.2, 0.25) is 0 Å². The minimum atomic E-state index is -4.24. The van der Waals surface area contributed by atoms with Crippen LogP contribution in [0.4, 0.5) is 0 Å². The summed E-state index contributed by atoms with van der Waals surface area (Å²) in [5, 5.41) is 12.9. The SMILES string of the molecule is CCOc1cc(C#N)cc(Br)c1OS(=O)(=O)c1c(C)nn(C)c1Cl. The molecule has 0 radical (unpaired) electrons. The molecule has 0 unspecified atom stereocenters. The fraction of sp³-hybridized carbons (Fsp3) is 0.286. The Bertz CT molecular complexity index is 934. The summed E-state index contributed by atoms with van der Waals surface area (Å²) in [6.07, 6.45) is 0. The molecule has 24 heavy (non-hydrogen) atoms. The Labute approximate surface area is 153 Å². The third-order valence-electron chi connectivity index (χ3n) is 2.98. The third-order valence-corrected chi connectivity index (χ3v) is 5.49. The number of aryl methyl sites for hydroxylation is 2. The van der Waals surface area contributed by atoms with E-state index in [0.29, 0.717) is 5.56 Å². The van der Waals surface area contributed by atoms with Gasteiger partial charge >= 0.3 is 10.1 Å². The molecule has 0 N–H and O–H groups in total. The highest BCUT2D eigenvalue weighted by molar-refractivity contribution is 9.10. The van der Waals surface area contributed by atoms with E-state index in [1.54, 1.807) is 6.92 Å². The molecule has 0 spiro atoms. The van der Waals surface area contributed by atoms with Crippen molar-refractivity contribution >= 4 is 37.6 Å². The molecule has 0 saturated carbocycles. The van der Waals surface area contributed by atoms with Gasteiger partial charge in [-0.15, -0.1) is 0 Å². The van der Waals surface area contributed by atoms with Gasteiger partial charge in [0.25, 0.3) is 0 Å². The lowest BCUT2D eigenvalue weighted by Crippen LogP contribution is -2.12. The van der Waals surface area contributed by atoms with Crippen molar-refractivity contribution in [1.82, 2.24) is 9.78 Å². The molecular weight excluding hydrogens is 422 g/mol. The fourth-order valence-corrected chi connectivity index (χ4v) is 4.33. The first-order valence-electron chi connectivity index (χ1n) is 6.71. The Morgan fingerprint density at radius 1 is 1.46 bits per heavy atom. The molecule has 10 heteroatoms. The maximum absolute atomic E-state index is 12.6. The molecule has 7 nitrogen and oxygen atoms in total. The van der Waals surface area contributed by atoms with Gasteiger partial charge in [-0.1, -0.05) is 11.6 Å². The van der Waals surface area contributed by atoms with Crippen molar-refractivity contribution in [3.63, 3.8) is 0 Å². The number of hydrogen-bond acceptors (Lipinski definition) is 6. The molecule has 0 amide bonds. The first kappa shape index (κ1) is 18.6. The molecule has 0 aliphatic rings. The molecule has 0 atom stereocenters. The predicted molar refractivity (Wildman–Crippen MR) is 90.8 cm³/mol. The number of nitrogens with zero attached hydrogens (tertiary/aromatic N) is 3. The predicted octanol–water partition coefficient (Wildman–Crippen LogP) is 3.18. The second-order valence-electron chi connectivity index (χ2n) is 4.70. The van der Waals surface area contributed by atoms with E-state index in [9.17, 15) is 8.42 Å². The van der Waals surface area contributed by atoms with Crippen molar-refractivity contribution in [3.05, 3.63) is 33.0 Å². The minimum Gasteiger partial charge on any atom is -0.490 e. The Kier molecular flexibility index (Phi) is 5.42. The van der Waals surface area contributed by atoms with Crippen LogP contribution < -0.4 is 8.92 Å². The maximum atomic E-state index is 12.6. The van der Waals surface area contributed by atoms with Crippen molar-refractivity contribution in [2.45, 2.75) is 18.7 Å². The zero-order valence-electron chi connectivity index (χ0n) is 13.0. The van der Waals surface area contributed by atoms with E-state index in [1.165, 1.54) is 30.8 Å². The van der Waals surface area contributed by atoms with Gasteiger partial charge in [0.05, 0.1) is 28.4 Å². The molecule has 128 valence electrons. The monoisotopic (exact) mass is 433 g/mol. The van der Waals surface area contributed by atoms with Crippen LogP contribution in [0.5, 0.6) is 11.5 Å². The van der Waals surface area contributed by atoms with Crippen LogP contribution >= 0.6 is 27.5 Å². The van der Waals surface area contributed by atoms with Gasteiger partial charge in [0.15, 0.2) is 16.4 Å². The second kappa shape index (κ2) is 7.01. The van der Waals surface area contributed by atoms with E-state index in [1.807, 2.05) is 6.07 Å². The summed E-state index contributed by atoms with van der Waals surface area (Å²) in [6, 6.07) is 4.80. The number of halogens is 2. The molecule has 2 aromatic rings. The standard InChI is InChI=1S/C14H13BrClN3O4S/c1-4-22-11-6-9(7-17)5-10(15)12(11)23-24(20,21)13-8(2)18-19(3)14(13)16/h5-6H,4H2,1-3H3. The molecule has 0 aliphatic carbocycles. The lowest BCUT2D eigenvalue weighted by Gasteiger charge is -2.13. The topological polar surface area (TPSA) is 94.2 Å². The summed E-state index contributed by atoms with van der Waals surface area (Å²) in [4.78, 5) is -0.217. The van der Waals surface area contributed by atoms with Gasteiger partial charge in [0, 0.05) is 13.1 Å². The summed E-state index contributed by atoms with van der Waals surface area (Å²) in [5.74, 6) is 0.0693. The maximum Gasteiger partial charge on any atom is 0.344 e. The molecule has 0 bridgehead atoms. The lowest BCUT2D eigenvalue weighted by molar-refractivity contribution is 0.327. The number of ether oxygens (including phenoxy) is 1. The smallest absolute Gasteiger partial charge is 0.344 e. The van der Waals surface area contributed by atoms with Crippen molar-refractivity contribution in [1.29, 1.82) is 5.26 Å².